The molecule has 0 radical (unpaired) electrons. The maximum absolute atomic E-state index is 12.9. The van der Waals surface area contributed by atoms with Crippen molar-refractivity contribution in [2.24, 2.45) is 0 Å². The molecule has 4 aromatic rings. The van der Waals surface area contributed by atoms with Crippen molar-refractivity contribution in [3.05, 3.63) is 83.0 Å². The first-order chi connectivity index (χ1) is 16.8. The van der Waals surface area contributed by atoms with Gasteiger partial charge in [0.2, 0.25) is 0 Å². The van der Waals surface area contributed by atoms with Gasteiger partial charge in [0.15, 0.2) is 0 Å². The molecule has 4 rings (SSSR count). The molecular formula is C27H24ClNO6. The van der Waals surface area contributed by atoms with E-state index in [2.05, 4.69) is 0 Å². The molecule has 0 N–H and O–H groups in total. The van der Waals surface area contributed by atoms with E-state index in [-0.39, 0.29) is 17.4 Å². The highest BCUT2D eigenvalue weighted by Crippen LogP contribution is 2.35. The van der Waals surface area contributed by atoms with E-state index in [9.17, 15) is 9.59 Å². The normalized spacial score (nSPS) is 10.9. The van der Waals surface area contributed by atoms with Crippen LogP contribution in [0.4, 0.5) is 0 Å². The van der Waals surface area contributed by atoms with Gasteiger partial charge < -0.3 is 23.5 Å². The van der Waals surface area contributed by atoms with Gasteiger partial charge in [-0.3, -0.25) is 0 Å². The maximum Gasteiger partial charge on any atom is 0.355 e. The number of halogens is 1. The third kappa shape index (κ3) is 4.95. The molecule has 0 unspecified atom stereocenters. The van der Waals surface area contributed by atoms with Gasteiger partial charge in [0.05, 0.1) is 25.8 Å². The maximum atomic E-state index is 12.9. The highest BCUT2D eigenvalue weighted by molar-refractivity contribution is 6.30. The summed E-state index contributed by atoms with van der Waals surface area (Å²) in [6.07, 6.45) is 0.0164. The molecule has 0 fully saturated rings. The Balaban J connectivity index is 1.92. The standard InChI is InChI=1S/C27H24ClNO6/c1-16(2)34-19-10-8-18(9-11-19)29-23-13-12-21(35-20-7-5-6-17(28)14-20)15-22(23)24(26(30)32-3)25(29)27(31)33-4/h5-16H,1-4H3. The number of esters is 2. The molecule has 0 bridgehead atoms. The Morgan fingerprint density at radius 1 is 0.829 bits per heavy atom. The molecule has 35 heavy (non-hydrogen) atoms. The number of rotatable bonds is 7. The van der Waals surface area contributed by atoms with Gasteiger partial charge in [0.25, 0.3) is 0 Å². The molecule has 8 heteroatoms. The molecule has 1 heterocycles. The van der Waals surface area contributed by atoms with Crippen molar-refractivity contribution in [1.82, 2.24) is 4.57 Å². The second kappa shape index (κ2) is 10.1. The van der Waals surface area contributed by atoms with E-state index >= 15 is 0 Å². The van der Waals surface area contributed by atoms with Gasteiger partial charge in [-0.2, -0.15) is 0 Å². The number of carbonyl (C=O) groups excluding carboxylic acids is 2. The number of hydrogen-bond acceptors (Lipinski definition) is 6. The van der Waals surface area contributed by atoms with E-state index < -0.39 is 11.9 Å². The molecule has 7 nitrogen and oxygen atoms in total. The van der Waals surface area contributed by atoms with Crippen LogP contribution in [0.25, 0.3) is 16.6 Å². The minimum absolute atomic E-state index is 0.0164. The van der Waals surface area contributed by atoms with Crippen molar-refractivity contribution in [3.63, 3.8) is 0 Å². The summed E-state index contributed by atoms with van der Waals surface area (Å²) in [4.78, 5) is 25.8. The third-order valence-corrected chi connectivity index (χ3v) is 5.44. The largest absolute Gasteiger partial charge is 0.491 e. The molecule has 0 saturated carbocycles. The zero-order valence-corrected chi connectivity index (χ0v) is 20.5. The zero-order chi connectivity index (χ0) is 25.1. The lowest BCUT2D eigenvalue weighted by molar-refractivity contribution is 0.0551. The number of ether oxygens (including phenoxy) is 4. The zero-order valence-electron chi connectivity index (χ0n) is 19.7. The van der Waals surface area contributed by atoms with Gasteiger partial charge in [-0.25, -0.2) is 9.59 Å². The molecule has 0 aliphatic rings. The second-order valence-electron chi connectivity index (χ2n) is 7.94. The second-order valence-corrected chi connectivity index (χ2v) is 8.38. The number of hydrogen-bond donors (Lipinski definition) is 0. The highest BCUT2D eigenvalue weighted by atomic mass is 35.5. The van der Waals surface area contributed by atoms with Crippen LogP contribution in [0.2, 0.25) is 5.02 Å². The first kappa shape index (κ1) is 24.2. The summed E-state index contributed by atoms with van der Waals surface area (Å²) in [5.41, 5.74) is 1.37. The third-order valence-electron chi connectivity index (χ3n) is 5.21. The van der Waals surface area contributed by atoms with Crippen LogP contribution in [0.1, 0.15) is 34.7 Å². The lowest BCUT2D eigenvalue weighted by Crippen LogP contribution is -2.15. The fourth-order valence-corrected chi connectivity index (χ4v) is 3.99. The van der Waals surface area contributed by atoms with Gasteiger partial charge >= 0.3 is 11.9 Å². The molecule has 3 aromatic carbocycles. The van der Waals surface area contributed by atoms with Crippen LogP contribution in [-0.4, -0.2) is 36.8 Å². The van der Waals surface area contributed by atoms with Gasteiger partial charge in [-0.05, 0) is 74.5 Å². The Morgan fingerprint density at radius 2 is 1.49 bits per heavy atom. The molecule has 180 valence electrons. The topological polar surface area (TPSA) is 76.0 Å². The molecule has 0 atom stereocenters. The van der Waals surface area contributed by atoms with Crippen molar-refractivity contribution in [1.29, 1.82) is 0 Å². The summed E-state index contributed by atoms with van der Waals surface area (Å²) in [6.45, 7) is 3.88. The predicted octanol–water partition coefficient (Wildman–Crippen LogP) is 6.44. The first-order valence-corrected chi connectivity index (χ1v) is 11.3. The highest BCUT2D eigenvalue weighted by Gasteiger charge is 2.29. The molecule has 1 aromatic heterocycles. The van der Waals surface area contributed by atoms with E-state index in [0.29, 0.717) is 38.9 Å². The Labute approximate surface area is 207 Å². The summed E-state index contributed by atoms with van der Waals surface area (Å²) in [5, 5.41) is 1.00. The van der Waals surface area contributed by atoms with Crippen LogP contribution in [0, 0.1) is 0 Å². The number of fused-ring (bicyclic) bond motifs is 1. The van der Waals surface area contributed by atoms with Crippen molar-refractivity contribution >= 4 is 34.4 Å². The van der Waals surface area contributed by atoms with E-state index in [4.69, 9.17) is 30.5 Å². The van der Waals surface area contributed by atoms with Gasteiger partial charge in [-0.15, -0.1) is 0 Å². The molecule has 0 aliphatic heterocycles. The molecule has 0 saturated heterocycles. The molecule has 0 spiro atoms. The quantitative estimate of drug-likeness (QED) is 0.276. The van der Waals surface area contributed by atoms with Crippen molar-refractivity contribution in [2.45, 2.75) is 20.0 Å². The van der Waals surface area contributed by atoms with Crippen LogP contribution in [0.3, 0.4) is 0 Å². The number of methoxy groups -OCH3 is 2. The molecule has 0 amide bonds. The van der Waals surface area contributed by atoms with Crippen LogP contribution >= 0.6 is 11.6 Å². The SMILES string of the molecule is COC(=O)c1c(C(=O)OC)n(-c2ccc(OC(C)C)cc2)c2ccc(Oc3cccc(Cl)c3)cc12. The lowest BCUT2D eigenvalue weighted by Gasteiger charge is -2.13. The van der Waals surface area contributed by atoms with E-state index in [0.717, 1.165) is 0 Å². The van der Waals surface area contributed by atoms with E-state index in [1.807, 2.05) is 13.8 Å². The molecular weight excluding hydrogens is 470 g/mol. The number of aromatic nitrogens is 1. The van der Waals surface area contributed by atoms with Crippen LogP contribution in [0.15, 0.2) is 66.7 Å². The van der Waals surface area contributed by atoms with Crippen molar-refractivity contribution in [3.8, 4) is 22.9 Å². The Kier molecular flexibility index (Phi) is 6.98. The number of benzene rings is 3. The smallest absolute Gasteiger partial charge is 0.355 e. The van der Waals surface area contributed by atoms with Crippen LogP contribution in [0.5, 0.6) is 17.2 Å². The average Bonchev–Trinajstić information content (AvgIpc) is 3.17. The average molecular weight is 494 g/mol. The number of nitrogens with zero attached hydrogens (tertiary/aromatic N) is 1. The fourth-order valence-electron chi connectivity index (χ4n) is 3.81. The predicted molar refractivity (Wildman–Crippen MR) is 133 cm³/mol. The molecule has 0 aliphatic carbocycles. The Bertz CT molecular complexity index is 1390. The summed E-state index contributed by atoms with van der Waals surface area (Å²) in [5.74, 6) is 0.324. The minimum atomic E-state index is -0.679. The minimum Gasteiger partial charge on any atom is -0.491 e. The summed E-state index contributed by atoms with van der Waals surface area (Å²) >= 11 is 6.07. The van der Waals surface area contributed by atoms with Crippen LogP contribution < -0.4 is 9.47 Å². The summed E-state index contributed by atoms with van der Waals surface area (Å²) in [6, 6.07) is 19.4. The first-order valence-electron chi connectivity index (χ1n) is 10.9. The monoisotopic (exact) mass is 493 g/mol. The fraction of sp³-hybridized carbons (Fsp3) is 0.185. The summed E-state index contributed by atoms with van der Waals surface area (Å²) in [7, 11) is 2.52. The Morgan fingerprint density at radius 3 is 2.11 bits per heavy atom. The van der Waals surface area contributed by atoms with Crippen molar-refractivity contribution < 1.29 is 28.5 Å². The summed E-state index contributed by atoms with van der Waals surface area (Å²) < 4.78 is 23.4. The van der Waals surface area contributed by atoms with Gasteiger partial charge in [0.1, 0.15) is 28.5 Å². The van der Waals surface area contributed by atoms with Crippen LogP contribution in [-0.2, 0) is 9.47 Å². The lowest BCUT2D eigenvalue weighted by atomic mass is 10.1. The van der Waals surface area contributed by atoms with E-state index in [1.54, 1.807) is 71.3 Å². The van der Waals surface area contributed by atoms with Crippen molar-refractivity contribution in [2.75, 3.05) is 14.2 Å². The van der Waals surface area contributed by atoms with Gasteiger partial charge in [-0.1, -0.05) is 17.7 Å². The Hall–Kier alpha value is -3.97. The van der Waals surface area contributed by atoms with Gasteiger partial charge in [0, 0.05) is 16.1 Å². The van der Waals surface area contributed by atoms with E-state index in [1.165, 1.54) is 14.2 Å². The number of carbonyl (C=O) groups is 2.